The lowest BCUT2D eigenvalue weighted by atomic mass is 9.85. The van der Waals surface area contributed by atoms with Gasteiger partial charge in [0, 0.05) is 23.7 Å². The zero-order valence-corrected chi connectivity index (χ0v) is 16.1. The zero-order chi connectivity index (χ0) is 20.3. The average molecular weight is 377 g/mol. The van der Waals surface area contributed by atoms with Crippen molar-refractivity contribution in [2.75, 3.05) is 5.32 Å². The Hall–Kier alpha value is -3.48. The van der Waals surface area contributed by atoms with Crippen LogP contribution in [0.5, 0.6) is 0 Å². The lowest BCUT2D eigenvalue weighted by Crippen LogP contribution is -2.44. The molecule has 1 aliphatic rings. The Morgan fingerprint density at radius 3 is 2.61 bits per heavy atom. The number of azo groups is 1. The van der Waals surface area contributed by atoms with Gasteiger partial charge in [0.2, 0.25) is 5.91 Å². The predicted molar refractivity (Wildman–Crippen MR) is 109 cm³/mol. The van der Waals surface area contributed by atoms with Gasteiger partial charge in [-0.05, 0) is 44.0 Å². The first-order valence-corrected chi connectivity index (χ1v) is 8.95. The molecule has 7 heteroatoms. The third-order valence-corrected chi connectivity index (χ3v) is 4.28. The topological polar surface area (TPSA) is 109 Å². The Bertz CT molecular complexity index is 992. The number of nitrogens with two attached hydrogens (primary N) is 1. The minimum atomic E-state index is -0.670. The first kappa shape index (κ1) is 19.3. The van der Waals surface area contributed by atoms with E-state index >= 15 is 0 Å². The average Bonchev–Trinajstić information content (AvgIpc) is 2.60. The fraction of sp³-hybridized carbons (Fsp3) is 0.238. The number of hydrogen-bond donors (Lipinski definition) is 3. The molecule has 0 atom stereocenters. The highest BCUT2D eigenvalue weighted by molar-refractivity contribution is 6.00. The van der Waals surface area contributed by atoms with Gasteiger partial charge in [0.1, 0.15) is 0 Å². The first-order valence-electron chi connectivity index (χ1n) is 8.95. The standard InChI is InChI=1S/C21H23N5O2/c1-13(27)23-15-8-6-9-16(11-15)25-26-19(20(22)28)18-17-10-5-4-7-14(17)12-21(2,3)24-18/h4-11,24H,12H2,1-3H3,(H2,22,28)(H,23,27). The predicted octanol–water partition coefficient (Wildman–Crippen LogP) is 3.51. The minimum Gasteiger partial charge on any atom is -0.377 e. The second-order valence-electron chi connectivity index (χ2n) is 7.36. The van der Waals surface area contributed by atoms with E-state index < -0.39 is 5.91 Å². The van der Waals surface area contributed by atoms with Crippen LogP contribution in [0.4, 0.5) is 11.4 Å². The lowest BCUT2D eigenvalue weighted by Gasteiger charge is -2.35. The highest BCUT2D eigenvalue weighted by Gasteiger charge is 2.30. The van der Waals surface area contributed by atoms with Gasteiger partial charge in [-0.3, -0.25) is 9.59 Å². The monoisotopic (exact) mass is 377 g/mol. The molecule has 0 aromatic heterocycles. The van der Waals surface area contributed by atoms with E-state index in [-0.39, 0.29) is 17.1 Å². The smallest absolute Gasteiger partial charge is 0.271 e. The molecule has 1 aliphatic heterocycles. The number of hydrogen-bond acceptors (Lipinski definition) is 5. The van der Waals surface area contributed by atoms with Crippen molar-refractivity contribution in [3.63, 3.8) is 0 Å². The molecule has 0 spiro atoms. The second-order valence-corrected chi connectivity index (χ2v) is 7.36. The van der Waals surface area contributed by atoms with Gasteiger partial charge < -0.3 is 16.4 Å². The van der Waals surface area contributed by atoms with Crippen molar-refractivity contribution in [1.29, 1.82) is 0 Å². The van der Waals surface area contributed by atoms with Crippen molar-refractivity contribution in [2.24, 2.45) is 16.0 Å². The van der Waals surface area contributed by atoms with Crippen LogP contribution in [0.25, 0.3) is 5.70 Å². The van der Waals surface area contributed by atoms with E-state index in [1.165, 1.54) is 6.92 Å². The van der Waals surface area contributed by atoms with Crippen LogP contribution in [-0.4, -0.2) is 17.4 Å². The van der Waals surface area contributed by atoms with Crippen LogP contribution < -0.4 is 16.4 Å². The number of rotatable bonds is 4. The van der Waals surface area contributed by atoms with Crippen LogP contribution in [-0.2, 0) is 16.0 Å². The molecule has 2 amide bonds. The molecule has 0 radical (unpaired) electrons. The zero-order valence-electron chi connectivity index (χ0n) is 16.1. The molecular formula is C21H23N5O2. The van der Waals surface area contributed by atoms with Crippen LogP contribution in [0.15, 0.2) is 64.5 Å². The number of nitrogens with one attached hydrogen (secondary N) is 2. The summed E-state index contributed by atoms with van der Waals surface area (Å²) in [6, 6.07) is 14.7. The van der Waals surface area contributed by atoms with Gasteiger partial charge in [0.05, 0.1) is 11.4 Å². The maximum absolute atomic E-state index is 12.2. The van der Waals surface area contributed by atoms with E-state index in [1.807, 2.05) is 24.3 Å². The fourth-order valence-electron chi connectivity index (χ4n) is 3.21. The summed E-state index contributed by atoms with van der Waals surface area (Å²) in [5.41, 5.74) is 9.09. The SMILES string of the molecule is CC(=O)Nc1cccc(N=NC(C(N)=O)=C2NC(C)(C)Cc3ccccc32)c1. The molecule has 3 rings (SSSR count). The van der Waals surface area contributed by atoms with Gasteiger partial charge in [0.25, 0.3) is 5.91 Å². The molecule has 2 aromatic carbocycles. The van der Waals surface area contributed by atoms with E-state index in [0.717, 1.165) is 17.5 Å². The number of benzene rings is 2. The Morgan fingerprint density at radius 2 is 1.89 bits per heavy atom. The molecule has 0 fully saturated rings. The first-order chi connectivity index (χ1) is 13.2. The summed E-state index contributed by atoms with van der Waals surface area (Å²) in [4.78, 5) is 23.4. The Labute approximate surface area is 163 Å². The summed E-state index contributed by atoms with van der Waals surface area (Å²) in [5, 5.41) is 14.4. The largest absolute Gasteiger partial charge is 0.377 e. The molecule has 1 heterocycles. The van der Waals surface area contributed by atoms with Crippen LogP contribution in [0.2, 0.25) is 0 Å². The molecule has 28 heavy (non-hydrogen) atoms. The number of carbonyl (C=O) groups excluding carboxylic acids is 2. The third-order valence-electron chi connectivity index (χ3n) is 4.28. The van der Waals surface area contributed by atoms with E-state index in [2.05, 4.69) is 34.7 Å². The van der Waals surface area contributed by atoms with Gasteiger partial charge in [-0.25, -0.2) is 0 Å². The number of anilines is 1. The van der Waals surface area contributed by atoms with Crippen molar-refractivity contribution in [2.45, 2.75) is 32.7 Å². The van der Waals surface area contributed by atoms with E-state index in [9.17, 15) is 9.59 Å². The van der Waals surface area contributed by atoms with E-state index in [4.69, 9.17) is 5.73 Å². The molecule has 0 saturated heterocycles. The van der Waals surface area contributed by atoms with Crippen molar-refractivity contribution in [3.8, 4) is 0 Å². The number of amides is 2. The quantitative estimate of drug-likeness (QED) is 0.560. The van der Waals surface area contributed by atoms with Gasteiger partial charge in [-0.15, -0.1) is 5.11 Å². The van der Waals surface area contributed by atoms with E-state index in [1.54, 1.807) is 24.3 Å². The summed E-state index contributed by atoms with van der Waals surface area (Å²) in [7, 11) is 0. The maximum atomic E-state index is 12.2. The summed E-state index contributed by atoms with van der Waals surface area (Å²) in [6.45, 7) is 5.53. The molecule has 0 aliphatic carbocycles. The van der Waals surface area contributed by atoms with E-state index in [0.29, 0.717) is 17.1 Å². The normalized spacial score (nSPS) is 16.8. The van der Waals surface area contributed by atoms with Crippen molar-refractivity contribution in [3.05, 3.63) is 65.4 Å². The van der Waals surface area contributed by atoms with Crippen molar-refractivity contribution < 1.29 is 9.59 Å². The number of carbonyl (C=O) groups is 2. The Kier molecular flexibility index (Phi) is 5.26. The number of fused-ring (bicyclic) bond motifs is 1. The summed E-state index contributed by atoms with van der Waals surface area (Å²) < 4.78 is 0. The van der Waals surface area contributed by atoms with Crippen LogP contribution in [0.1, 0.15) is 31.9 Å². The number of primary amides is 1. The van der Waals surface area contributed by atoms with Gasteiger partial charge in [0.15, 0.2) is 5.70 Å². The van der Waals surface area contributed by atoms with Crippen LogP contribution in [0.3, 0.4) is 0 Å². The molecule has 144 valence electrons. The maximum Gasteiger partial charge on any atom is 0.271 e. The third kappa shape index (κ3) is 4.43. The fourth-order valence-corrected chi connectivity index (χ4v) is 3.21. The Balaban J connectivity index is 2.04. The van der Waals surface area contributed by atoms with Crippen molar-refractivity contribution in [1.82, 2.24) is 5.32 Å². The second kappa shape index (κ2) is 7.64. The highest BCUT2D eigenvalue weighted by Crippen LogP contribution is 2.32. The minimum absolute atomic E-state index is 0.0603. The molecule has 0 bridgehead atoms. The van der Waals surface area contributed by atoms with Crippen molar-refractivity contribution >= 4 is 28.9 Å². The summed E-state index contributed by atoms with van der Waals surface area (Å²) >= 11 is 0. The van der Waals surface area contributed by atoms with Crippen LogP contribution >= 0.6 is 0 Å². The summed E-state index contributed by atoms with van der Waals surface area (Å²) in [6.07, 6.45) is 0.814. The molecule has 0 saturated carbocycles. The Morgan fingerprint density at radius 1 is 1.14 bits per heavy atom. The van der Waals surface area contributed by atoms with Gasteiger partial charge >= 0.3 is 0 Å². The number of nitrogens with zero attached hydrogens (tertiary/aromatic N) is 2. The highest BCUT2D eigenvalue weighted by atomic mass is 16.1. The molecule has 7 nitrogen and oxygen atoms in total. The summed E-state index contributed by atoms with van der Waals surface area (Å²) in [5.74, 6) is -0.851. The molecular weight excluding hydrogens is 354 g/mol. The molecule has 2 aromatic rings. The molecule has 4 N–H and O–H groups in total. The van der Waals surface area contributed by atoms with Crippen LogP contribution in [0, 0.1) is 0 Å². The van der Waals surface area contributed by atoms with Gasteiger partial charge in [-0.2, -0.15) is 5.11 Å². The molecule has 0 unspecified atom stereocenters. The van der Waals surface area contributed by atoms with Gasteiger partial charge in [-0.1, -0.05) is 30.3 Å². The lowest BCUT2D eigenvalue weighted by molar-refractivity contribution is -0.115.